The van der Waals surface area contributed by atoms with Crippen molar-refractivity contribution in [3.63, 3.8) is 0 Å². The summed E-state index contributed by atoms with van der Waals surface area (Å²) in [6.45, 7) is -0.500. The number of anilines is 2. The molecule has 6 nitrogen and oxygen atoms in total. The molecule has 3 aromatic carbocycles. The summed E-state index contributed by atoms with van der Waals surface area (Å²) in [6.07, 6.45) is 0. The van der Waals surface area contributed by atoms with Crippen molar-refractivity contribution in [1.29, 1.82) is 0 Å². The summed E-state index contributed by atoms with van der Waals surface area (Å²) in [5, 5.41) is 5.74. The molecule has 3 aromatic rings. The zero-order valence-corrected chi connectivity index (χ0v) is 16.0. The van der Waals surface area contributed by atoms with Crippen LogP contribution < -0.4 is 10.6 Å². The molecular weight excluding hydrogens is 392 g/mol. The highest BCUT2D eigenvalue weighted by Crippen LogP contribution is 2.17. The molecule has 146 valence electrons. The Labute approximate surface area is 172 Å². The number of esters is 1. The Balaban J connectivity index is 1.62. The standard InChI is InChI=1S/C22H17ClN2O4/c23-16-8-6-7-15(13-16)22(28)29-14-20(26)25-19-12-5-4-11-18(19)21(27)24-17-9-2-1-3-10-17/h1-13H,14H2,(H,24,27)(H,25,26). The third-order valence-corrected chi connectivity index (χ3v) is 4.11. The molecule has 3 rings (SSSR count). The number of halogens is 1. The summed E-state index contributed by atoms with van der Waals surface area (Å²) >= 11 is 5.84. The van der Waals surface area contributed by atoms with Crippen LogP contribution in [-0.4, -0.2) is 24.4 Å². The highest BCUT2D eigenvalue weighted by atomic mass is 35.5. The Kier molecular flexibility index (Phi) is 6.60. The van der Waals surface area contributed by atoms with Gasteiger partial charge in [0.2, 0.25) is 0 Å². The average Bonchev–Trinajstić information content (AvgIpc) is 2.73. The van der Waals surface area contributed by atoms with Gasteiger partial charge in [-0.1, -0.05) is 48.0 Å². The number of amides is 2. The number of carbonyl (C=O) groups excluding carboxylic acids is 3. The Hall–Kier alpha value is -3.64. The van der Waals surface area contributed by atoms with Crippen molar-refractivity contribution in [1.82, 2.24) is 0 Å². The molecule has 0 atom stereocenters. The van der Waals surface area contributed by atoms with Crippen LogP contribution in [0.25, 0.3) is 0 Å². The molecule has 0 unspecified atom stereocenters. The maximum absolute atomic E-state index is 12.5. The summed E-state index contributed by atoms with van der Waals surface area (Å²) in [5.41, 5.74) is 1.47. The van der Waals surface area contributed by atoms with E-state index in [2.05, 4.69) is 10.6 Å². The molecule has 0 aliphatic heterocycles. The van der Waals surface area contributed by atoms with Crippen molar-refractivity contribution < 1.29 is 19.1 Å². The van der Waals surface area contributed by atoms with E-state index in [1.54, 1.807) is 60.7 Å². The number of nitrogens with one attached hydrogen (secondary N) is 2. The maximum atomic E-state index is 12.5. The van der Waals surface area contributed by atoms with Gasteiger partial charge in [-0.3, -0.25) is 9.59 Å². The van der Waals surface area contributed by atoms with Gasteiger partial charge < -0.3 is 15.4 Å². The fourth-order valence-electron chi connectivity index (χ4n) is 2.53. The lowest BCUT2D eigenvalue weighted by Gasteiger charge is -2.12. The Morgan fingerprint density at radius 2 is 1.55 bits per heavy atom. The minimum absolute atomic E-state index is 0.243. The molecule has 0 saturated carbocycles. The normalized spacial score (nSPS) is 10.1. The van der Waals surface area contributed by atoms with Crippen LogP contribution in [0.4, 0.5) is 11.4 Å². The third kappa shape index (κ3) is 5.67. The topological polar surface area (TPSA) is 84.5 Å². The molecule has 0 aliphatic rings. The molecule has 0 aromatic heterocycles. The van der Waals surface area contributed by atoms with Gasteiger partial charge in [0, 0.05) is 10.7 Å². The summed E-state index contributed by atoms with van der Waals surface area (Å²) in [5.74, 6) is -1.61. The van der Waals surface area contributed by atoms with Gasteiger partial charge in [0.05, 0.1) is 16.8 Å². The molecule has 7 heteroatoms. The fourth-order valence-corrected chi connectivity index (χ4v) is 2.72. The monoisotopic (exact) mass is 408 g/mol. The van der Waals surface area contributed by atoms with Crippen molar-refractivity contribution in [3.05, 3.63) is 95.0 Å². The van der Waals surface area contributed by atoms with Crippen LogP contribution in [0.5, 0.6) is 0 Å². The molecule has 0 saturated heterocycles. The van der Waals surface area contributed by atoms with Gasteiger partial charge >= 0.3 is 5.97 Å². The summed E-state index contributed by atoms with van der Waals surface area (Å²) < 4.78 is 5.00. The number of ether oxygens (including phenoxy) is 1. The summed E-state index contributed by atoms with van der Waals surface area (Å²) in [4.78, 5) is 36.7. The highest BCUT2D eigenvalue weighted by Gasteiger charge is 2.15. The Morgan fingerprint density at radius 1 is 0.828 bits per heavy atom. The van der Waals surface area contributed by atoms with Gasteiger partial charge in [0.1, 0.15) is 0 Å². The molecule has 0 fully saturated rings. The number of benzene rings is 3. The highest BCUT2D eigenvalue weighted by molar-refractivity contribution is 6.30. The molecule has 2 amide bonds. The van der Waals surface area contributed by atoms with Gasteiger partial charge in [-0.2, -0.15) is 0 Å². The first-order valence-corrected chi connectivity index (χ1v) is 9.09. The van der Waals surface area contributed by atoms with Crippen molar-refractivity contribution in [2.75, 3.05) is 17.2 Å². The lowest BCUT2D eigenvalue weighted by Crippen LogP contribution is -2.23. The van der Waals surface area contributed by atoms with Gasteiger partial charge in [-0.15, -0.1) is 0 Å². The quantitative estimate of drug-likeness (QED) is 0.592. The summed E-state index contributed by atoms with van der Waals surface area (Å²) in [6, 6.07) is 21.7. The minimum atomic E-state index is -0.669. The smallest absolute Gasteiger partial charge is 0.338 e. The number of para-hydroxylation sites is 2. The molecule has 0 aliphatic carbocycles. The average molecular weight is 409 g/mol. The van der Waals surface area contributed by atoms with E-state index < -0.39 is 18.5 Å². The predicted molar refractivity (Wildman–Crippen MR) is 111 cm³/mol. The van der Waals surface area contributed by atoms with Crippen LogP contribution in [0.15, 0.2) is 78.9 Å². The van der Waals surface area contributed by atoms with Crippen LogP contribution in [0.3, 0.4) is 0 Å². The van der Waals surface area contributed by atoms with Crippen molar-refractivity contribution in [2.24, 2.45) is 0 Å². The molecule has 0 heterocycles. The molecular formula is C22H17ClN2O4. The van der Waals surface area contributed by atoms with Crippen molar-refractivity contribution in [3.8, 4) is 0 Å². The maximum Gasteiger partial charge on any atom is 0.338 e. The fraction of sp³-hybridized carbons (Fsp3) is 0.0455. The molecule has 0 radical (unpaired) electrons. The van der Waals surface area contributed by atoms with Crippen LogP contribution in [0.2, 0.25) is 5.02 Å². The largest absolute Gasteiger partial charge is 0.452 e. The minimum Gasteiger partial charge on any atom is -0.452 e. The number of rotatable bonds is 6. The Bertz CT molecular complexity index is 1040. The van der Waals surface area contributed by atoms with Crippen LogP contribution in [-0.2, 0) is 9.53 Å². The zero-order valence-electron chi connectivity index (χ0n) is 15.2. The van der Waals surface area contributed by atoms with E-state index in [-0.39, 0.29) is 17.0 Å². The van der Waals surface area contributed by atoms with E-state index >= 15 is 0 Å². The lowest BCUT2D eigenvalue weighted by molar-refractivity contribution is -0.119. The van der Waals surface area contributed by atoms with Crippen molar-refractivity contribution >= 4 is 40.8 Å². The summed E-state index contributed by atoms with van der Waals surface area (Å²) in [7, 11) is 0. The van der Waals surface area contributed by atoms with E-state index in [0.29, 0.717) is 16.4 Å². The van der Waals surface area contributed by atoms with Crippen molar-refractivity contribution in [2.45, 2.75) is 0 Å². The van der Waals surface area contributed by atoms with Gasteiger partial charge in [0.15, 0.2) is 6.61 Å². The predicted octanol–water partition coefficient (Wildman–Crippen LogP) is 4.39. The molecule has 0 spiro atoms. The van der Waals surface area contributed by atoms with Crippen LogP contribution in [0, 0.1) is 0 Å². The molecule has 29 heavy (non-hydrogen) atoms. The van der Waals surface area contributed by atoms with Crippen LogP contribution >= 0.6 is 11.6 Å². The lowest BCUT2D eigenvalue weighted by atomic mass is 10.1. The zero-order chi connectivity index (χ0) is 20.6. The van der Waals surface area contributed by atoms with E-state index in [1.165, 1.54) is 12.1 Å². The first kappa shape index (κ1) is 20.1. The number of hydrogen-bond donors (Lipinski definition) is 2. The third-order valence-electron chi connectivity index (χ3n) is 3.87. The van der Waals surface area contributed by atoms with E-state index in [4.69, 9.17) is 16.3 Å². The van der Waals surface area contributed by atoms with E-state index in [9.17, 15) is 14.4 Å². The SMILES string of the molecule is O=C(COC(=O)c1cccc(Cl)c1)Nc1ccccc1C(=O)Nc1ccccc1. The second-order valence-corrected chi connectivity index (χ2v) is 6.44. The first-order valence-electron chi connectivity index (χ1n) is 8.71. The number of carbonyl (C=O) groups is 3. The number of hydrogen-bond acceptors (Lipinski definition) is 4. The van der Waals surface area contributed by atoms with Gasteiger partial charge in [-0.05, 0) is 42.5 Å². The van der Waals surface area contributed by atoms with E-state index in [1.807, 2.05) is 6.07 Å². The van der Waals surface area contributed by atoms with Crippen LogP contribution in [0.1, 0.15) is 20.7 Å². The second kappa shape index (κ2) is 9.52. The van der Waals surface area contributed by atoms with Gasteiger partial charge in [0.25, 0.3) is 11.8 Å². The Morgan fingerprint density at radius 3 is 2.31 bits per heavy atom. The molecule has 2 N–H and O–H groups in total. The second-order valence-electron chi connectivity index (χ2n) is 6.00. The first-order chi connectivity index (χ1) is 14.0. The van der Waals surface area contributed by atoms with E-state index in [0.717, 1.165) is 0 Å². The van der Waals surface area contributed by atoms with Gasteiger partial charge in [-0.25, -0.2) is 4.79 Å². The molecule has 0 bridgehead atoms.